The molecule has 3 aromatic rings. The Bertz CT molecular complexity index is 1040. The van der Waals surface area contributed by atoms with E-state index in [4.69, 9.17) is 4.74 Å². The predicted octanol–water partition coefficient (Wildman–Crippen LogP) is 3.79. The molecule has 7 heteroatoms. The molecule has 0 aliphatic carbocycles. The van der Waals surface area contributed by atoms with Crippen molar-refractivity contribution in [3.05, 3.63) is 82.4 Å². The molecule has 1 aromatic heterocycles. The molecule has 1 N–H and O–H groups in total. The largest absolute Gasteiger partial charge is 0.452 e. The van der Waals surface area contributed by atoms with E-state index in [1.54, 1.807) is 24.6 Å². The first-order valence-electron chi connectivity index (χ1n) is 9.15. The number of esters is 1. The molecular weight excluding hydrogens is 373 g/mol. The summed E-state index contributed by atoms with van der Waals surface area (Å²) in [7, 11) is 0. The third kappa shape index (κ3) is 5.07. The summed E-state index contributed by atoms with van der Waals surface area (Å²) in [6, 6.07) is 13.6. The molecule has 0 saturated heterocycles. The third-order valence-electron chi connectivity index (χ3n) is 4.48. The number of aryl methyl sites for hydroxylation is 2. The average molecular weight is 395 g/mol. The maximum Gasteiger partial charge on any atom is 0.342 e. The molecule has 0 spiro atoms. The fourth-order valence-corrected chi connectivity index (χ4v) is 2.98. The number of ether oxygens (including phenoxy) is 1. The van der Waals surface area contributed by atoms with E-state index in [0.717, 1.165) is 5.56 Å². The molecule has 2 aromatic carbocycles. The van der Waals surface area contributed by atoms with Crippen LogP contribution in [0.1, 0.15) is 32.9 Å². The van der Waals surface area contributed by atoms with E-state index in [1.165, 1.54) is 23.8 Å². The summed E-state index contributed by atoms with van der Waals surface area (Å²) in [5.41, 5.74) is 4.07. The Morgan fingerprint density at radius 2 is 1.83 bits per heavy atom. The van der Waals surface area contributed by atoms with Crippen LogP contribution in [0.5, 0.6) is 0 Å². The Morgan fingerprint density at radius 1 is 1.10 bits per heavy atom. The van der Waals surface area contributed by atoms with Crippen molar-refractivity contribution in [2.24, 2.45) is 0 Å². The SMILES string of the molecule is Cc1ccc(Cn2nc(C)c(C(=O)OCC(=O)Nc3cccc(F)c3)c2C)cc1. The Morgan fingerprint density at radius 3 is 2.52 bits per heavy atom. The van der Waals surface area contributed by atoms with Gasteiger partial charge in [-0.05, 0) is 44.5 Å². The van der Waals surface area contributed by atoms with Crippen molar-refractivity contribution in [2.75, 3.05) is 11.9 Å². The number of hydrogen-bond acceptors (Lipinski definition) is 4. The van der Waals surface area contributed by atoms with Gasteiger partial charge >= 0.3 is 5.97 Å². The highest BCUT2D eigenvalue weighted by atomic mass is 19.1. The molecule has 3 rings (SSSR count). The minimum atomic E-state index is -0.621. The number of amides is 1. The van der Waals surface area contributed by atoms with Gasteiger partial charge in [-0.2, -0.15) is 5.10 Å². The zero-order valence-corrected chi connectivity index (χ0v) is 16.5. The van der Waals surface area contributed by atoms with E-state index < -0.39 is 24.3 Å². The topological polar surface area (TPSA) is 73.2 Å². The maximum absolute atomic E-state index is 13.2. The van der Waals surface area contributed by atoms with E-state index >= 15 is 0 Å². The molecule has 0 aliphatic rings. The summed E-state index contributed by atoms with van der Waals surface area (Å²) in [5, 5.41) is 6.91. The number of rotatable bonds is 6. The number of carbonyl (C=O) groups is 2. The van der Waals surface area contributed by atoms with Crippen molar-refractivity contribution in [3.8, 4) is 0 Å². The van der Waals surface area contributed by atoms with Crippen molar-refractivity contribution in [2.45, 2.75) is 27.3 Å². The highest BCUT2D eigenvalue weighted by Crippen LogP contribution is 2.17. The van der Waals surface area contributed by atoms with Gasteiger partial charge in [0.15, 0.2) is 6.61 Å². The van der Waals surface area contributed by atoms with Crippen LogP contribution in [0.25, 0.3) is 0 Å². The number of carbonyl (C=O) groups excluding carboxylic acids is 2. The van der Waals surface area contributed by atoms with E-state index in [2.05, 4.69) is 10.4 Å². The van der Waals surface area contributed by atoms with Gasteiger partial charge in [-0.15, -0.1) is 0 Å². The van der Waals surface area contributed by atoms with Crippen molar-refractivity contribution in [1.82, 2.24) is 9.78 Å². The van der Waals surface area contributed by atoms with E-state index in [9.17, 15) is 14.0 Å². The van der Waals surface area contributed by atoms with Gasteiger partial charge in [-0.3, -0.25) is 9.48 Å². The summed E-state index contributed by atoms with van der Waals surface area (Å²) in [5.74, 6) is -1.64. The van der Waals surface area contributed by atoms with E-state index in [1.807, 2.05) is 31.2 Å². The van der Waals surface area contributed by atoms with Crippen LogP contribution in [0.3, 0.4) is 0 Å². The Hall–Kier alpha value is -3.48. The smallest absolute Gasteiger partial charge is 0.342 e. The molecule has 1 heterocycles. The Balaban J connectivity index is 1.64. The molecule has 29 heavy (non-hydrogen) atoms. The van der Waals surface area contributed by atoms with Crippen LogP contribution in [0.2, 0.25) is 0 Å². The summed E-state index contributed by atoms with van der Waals surface area (Å²) in [4.78, 5) is 24.5. The zero-order valence-electron chi connectivity index (χ0n) is 16.5. The van der Waals surface area contributed by atoms with Crippen molar-refractivity contribution < 1.29 is 18.7 Å². The predicted molar refractivity (Wildman–Crippen MR) is 107 cm³/mol. The zero-order chi connectivity index (χ0) is 21.0. The summed E-state index contributed by atoms with van der Waals surface area (Å²) < 4.78 is 20.0. The molecule has 0 bridgehead atoms. The highest BCUT2D eigenvalue weighted by molar-refractivity contribution is 5.96. The first kappa shape index (κ1) is 20.3. The second-order valence-corrected chi connectivity index (χ2v) is 6.82. The van der Waals surface area contributed by atoms with E-state index in [-0.39, 0.29) is 0 Å². The summed E-state index contributed by atoms with van der Waals surface area (Å²) in [6.07, 6.45) is 0. The average Bonchev–Trinajstić information content (AvgIpc) is 2.95. The number of anilines is 1. The molecule has 0 saturated carbocycles. The van der Waals surface area contributed by atoms with Gasteiger partial charge in [0, 0.05) is 5.69 Å². The summed E-state index contributed by atoms with van der Waals surface area (Å²) >= 11 is 0. The lowest BCUT2D eigenvalue weighted by Gasteiger charge is -2.08. The minimum absolute atomic E-state index is 0.296. The number of aromatic nitrogens is 2. The Kier molecular flexibility index (Phi) is 6.07. The van der Waals surface area contributed by atoms with Crippen LogP contribution in [0, 0.1) is 26.6 Å². The number of halogens is 1. The number of nitrogens with one attached hydrogen (secondary N) is 1. The van der Waals surface area contributed by atoms with Crippen LogP contribution in [-0.2, 0) is 16.1 Å². The third-order valence-corrected chi connectivity index (χ3v) is 4.48. The van der Waals surface area contributed by atoms with Crippen molar-refractivity contribution in [1.29, 1.82) is 0 Å². The van der Waals surface area contributed by atoms with Crippen LogP contribution in [0.15, 0.2) is 48.5 Å². The van der Waals surface area contributed by atoms with Crippen LogP contribution >= 0.6 is 0 Å². The molecule has 0 atom stereocenters. The molecular formula is C22H22FN3O3. The molecule has 0 fully saturated rings. The quantitative estimate of drug-likeness (QED) is 0.645. The van der Waals surface area contributed by atoms with Crippen LogP contribution < -0.4 is 5.32 Å². The molecule has 0 aliphatic heterocycles. The minimum Gasteiger partial charge on any atom is -0.452 e. The fraction of sp³-hybridized carbons (Fsp3) is 0.227. The van der Waals surface area contributed by atoms with Gasteiger partial charge in [0.25, 0.3) is 5.91 Å². The molecule has 1 amide bonds. The second-order valence-electron chi connectivity index (χ2n) is 6.82. The van der Waals surface area contributed by atoms with Gasteiger partial charge in [0.1, 0.15) is 11.4 Å². The van der Waals surface area contributed by atoms with E-state index in [0.29, 0.717) is 29.2 Å². The van der Waals surface area contributed by atoms with Gasteiger partial charge in [0.2, 0.25) is 0 Å². The maximum atomic E-state index is 13.2. The lowest BCUT2D eigenvalue weighted by molar-refractivity contribution is -0.119. The molecule has 6 nitrogen and oxygen atoms in total. The lowest BCUT2D eigenvalue weighted by Crippen LogP contribution is -2.21. The van der Waals surface area contributed by atoms with Gasteiger partial charge < -0.3 is 10.1 Å². The molecule has 150 valence electrons. The van der Waals surface area contributed by atoms with Gasteiger partial charge in [-0.25, -0.2) is 9.18 Å². The highest BCUT2D eigenvalue weighted by Gasteiger charge is 2.21. The molecule has 0 radical (unpaired) electrons. The second kappa shape index (κ2) is 8.68. The van der Waals surface area contributed by atoms with Crippen molar-refractivity contribution in [3.63, 3.8) is 0 Å². The first-order chi connectivity index (χ1) is 13.8. The summed E-state index contributed by atoms with van der Waals surface area (Å²) in [6.45, 7) is 5.59. The normalized spacial score (nSPS) is 10.6. The Labute approximate surface area is 168 Å². The number of benzene rings is 2. The van der Waals surface area contributed by atoms with Crippen LogP contribution in [0.4, 0.5) is 10.1 Å². The molecule has 0 unspecified atom stereocenters. The van der Waals surface area contributed by atoms with Gasteiger partial charge in [0.05, 0.1) is 17.9 Å². The number of hydrogen-bond donors (Lipinski definition) is 1. The number of nitrogens with zero attached hydrogens (tertiary/aromatic N) is 2. The fourth-order valence-electron chi connectivity index (χ4n) is 2.98. The van der Waals surface area contributed by atoms with Crippen molar-refractivity contribution >= 4 is 17.6 Å². The lowest BCUT2D eigenvalue weighted by atomic mass is 10.1. The standard InChI is InChI=1S/C22H22FN3O3/c1-14-7-9-17(10-8-14)12-26-16(3)21(15(2)25-26)22(28)29-13-20(27)24-19-6-4-5-18(23)11-19/h4-11H,12-13H2,1-3H3,(H,24,27). The monoisotopic (exact) mass is 395 g/mol. The van der Waals surface area contributed by atoms with Crippen LogP contribution in [-0.4, -0.2) is 28.3 Å². The van der Waals surface area contributed by atoms with Gasteiger partial charge in [-0.1, -0.05) is 35.9 Å². The first-order valence-corrected chi connectivity index (χ1v) is 9.15.